The number of aryl methyl sites for hydroxylation is 1. The van der Waals surface area contributed by atoms with Crippen LogP contribution in [0.25, 0.3) is 0 Å². The molecule has 0 saturated carbocycles. The first-order chi connectivity index (χ1) is 9.70. The van der Waals surface area contributed by atoms with Crippen LogP contribution in [-0.4, -0.2) is 57.7 Å². The summed E-state index contributed by atoms with van der Waals surface area (Å²) in [5.41, 5.74) is 0.542. The summed E-state index contributed by atoms with van der Waals surface area (Å²) < 4.78 is 1.70. The lowest BCUT2D eigenvalue weighted by molar-refractivity contribution is 0.0731. The van der Waals surface area contributed by atoms with Crippen molar-refractivity contribution in [3.63, 3.8) is 0 Å². The minimum atomic E-state index is 0.0306. The van der Waals surface area contributed by atoms with Crippen LogP contribution in [0.3, 0.4) is 0 Å². The van der Waals surface area contributed by atoms with Crippen molar-refractivity contribution in [1.29, 1.82) is 0 Å². The molecular weight excluding hydrogens is 276 g/mol. The number of carbonyl (C=O) groups is 1. The zero-order valence-corrected chi connectivity index (χ0v) is 12.6. The van der Waals surface area contributed by atoms with Crippen LogP contribution >= 0.6 is 11.6 Å². The first-order valence-electron chi connectivity index (χ1n) is 7.45. The zero-order valence-electron chi connectivity index (χ0n) is 11.9. The van der Waals surface area contributed by atoms with Crippen molar-refractivity contribution in [2.45, 2.75) is 38.8 Å². The van der Waals surface area contributed by atoms with Crippen molar-refractivity contribution in [2.24, 2.45) is 0 Å². The minimum Gasteiger partial charge on any atom is -0.336 e. The Morgan fingerprint density at radius 3 is 3.00 bits per heavy atom. The molecule has 1 aromatic rings. The molecule has 20 heavy (non-hydrogen) atoms. The third kappa shape index (κ3) is 2.44. The number of aromatic nitrogens is 2. The SMILES string of the molecule is CCn1ncc(Cl)c1C(=O)N1CCCN2CCC[C@H]2C1. The second-order valence-corrected chi connectivity index (χ2v) is 6.00. The standard InChI is InChI=1S/C14H21ClN4O/c1-2-19-13(12(15)9-16-19)14(20)18-8-4-7-17-6-3-5-11(17)10-18/h9,11H,2-8,10H2,1H3/t11-/m0/s1. The van der Waals surface area contributed by atoms with Gasteiger partial charge in [0, 0.05) is 32.2 Å². The van der Waals surface area contributed by atoms with Crippen molar-refractivity contribution in [1.82, 2.24) is 19.6 Å². The van der Waals surface area contributed by atoms with Crippen molar-refractivity contribution >= 4 is 17.5 Å². The number of carbonyl (C=O) groups excluding carboxylic acids is 1. The fourth-order valence-corrected chi connectivity index (χ4v) is 3.58. The number of hydrogen-bond donors (Lipinski definition) is 0. The molecule has 1 amide bonds. The van der Waals surface area contributed by atoms with Gasteiger partial charge in [0.2, 0.25) is 0 Å². The molecule has 0 N–H and O–H groups in total. The van der Waals surface area contributed by atoms with Gasteiger partial charge in [0.25, 0.3) is 5.91 Å². The quantitative estimate of drug-likeness (QED) is 0.836. The Morgan fingerprint density at radius 2 is 2.20 bits per heavy atom. The fraction of sp³-hybridized carbons (Fsp3) is 0.714. The smallest absolute Gasteiger partial charge is 0.273 e. The Labute approximate surface area is 124 Å². The Hall–Kier alpha value is -1.07. The van der Waals surface area contributed by atoms with E-state index in [0.29, 0.717) is 23.3 Å². The van der Waals surface area contributed by atoms with E-state index >= 15 is 0 Å². The Morgan fingerprint density at radius 1 is 1.40 bits per heavy atom. The first kappa shape index (κ1) is 13.9. The van der Waals surface area contributed by atoms with Crippen LogP contribution in [0, 0.1) is 0 Å². The number of halogens is 1. The van der Waals surface area contributed by atoms with Gasteiger partial charge in [-0.1, -0.05) is 11.6 Å². The van der Waals surface area contributed by atoms with Crippen LogP contribution in [0.2, 0.25) is 5.02 Å². The lowest BCUT2D eigenvalue weighted by Gasteiger charge is -2.25. The highest BCUT2D eigenvalue weighted by atomic mass is 35.5. The van der Waals surface area contributed by atoms with Gasteiger partial charge in [0.1, 0.15) is 5.69 Å². The van der Waals surface area contributed by atoms with Crippen LogP contribution in [0.4, 0.5) is 0 Å². The second kappa shape index (κ2) is 5.74. The van der Waals surface area contributed by atoms with E-state index < -0.39 is 0 Å². The van der Waals surface area contributed by atoms with Gasteiger partial charge in [-0.2, -0.15) is 5.10 Å². The lowest BCUT2D eigenvalue weighted by Crippen LogP contribution is -2.40. The van der Waals surface area contributed by atoms with Crippen molar-refractivity contribution in [2.75, 3.05) is 26.2 Å². The van der Waals surface area contributed by atoms with Crippen molar-refractivity contribution < 1.29 is 4.79 Å². The maximum Gasteiger partial charge on any atom is 0.273 e. The predicted molar refractivity (Wildman–Crippen MR) is 78.0 cm³/mol. The van der Waals surface area contributed by atoms with E-state index in [4.69, 9.17) is 11.6 Å². The number of amides is 1. The number of fused-ring (bicyclic) bond motifs is 1. The Kier molecular flexibility index (Phi) is 3.98. The fourth-order valence-electron chi connectivity index (χ4n) is 3.36. The van der Waals surface area contributed by atoms with Crippen molar-refractivity contribution in [3.05, 3.63) is 16.9 Å². The summed E-state index contributed by atoms with van der Waals surface area (Å²) in [5.74, 6) is 0.0306. The van der Waals surface area contributed by atoms with Crippen LogP contribution in [0.15, 0.2) is 6.20 Å². The van der Waals surface area contributed by atoms with Gasteiger partial charge in [-0.05, 0) is 32.7 Å². The first-order valence-corrected chi connectivity index (χ1v) is 7.83. The highest BCUT2D eigenvalue weighted by Crippen LogP contribution is 2.24. The van der Waals surface area contributed by atoms with Crippen LogP contribution < -0.4 is 0 Å². The molecule has 0 spiro atoms. The van der Waals surface area contributed by atoms with E-state index in [0.717, 1.165) is 26.1 Å². The average Bonchev–Trinajstić information content (AvgIpc) is 2.98. The molecule has 1 aromatic heterocycles. The van der Waals surface area contributed by atoms with Crippen LogP contribution in [-0.2, 0) is 6.54 Å². The average molecular weight is 297 g/mol. The molecule has 0 radical (unpaired) electrons. The van der Waals surface area contributed by atoms with E-state index in [2.05, 4.69) is 10.00 Å². The molecule has 110 valence electrons. The van der Waals surface area contributed by atoms with E-state index in [1.165, 1.54) is 19.4 Å². The van der Waals surface area contributed by atoms with Gasteiger partial charge >= 0.3 is 0 Å². The largest absolute Gasteiger partial charge is 0.336 e. The normalized spacial score (nSPS) is 23.7. The number of hydrogen-bond acceptors (Lipinski definition) is 3. The lowest BCUT2D eigenvalue weighted by atomic mass is 10.2. The number of nitrogens with zero attached hydrogens (tertiary/aromatic N) is 4. The third-order valence-corrected chi connectivity index (χ3v) is 4.66. The predicted octanol–water partition coefficient (Wildman–Crippen LogP) is 1.87. The Balaban J connectivity index is 1.80. The third-order valence-electron chi connectivity index (χ3n) is 4.39. The van der Waals surface area contributed by atoms with E-state index in [-0.39, 0.29) is 5.91 Å². The van der Waals surface area contributed by atoms with E-state index in [9.17, 15) is 4.79 Å². The summed E-state index contributed by atoms with van der Waals surface area (Å²) in [6.45, 7) is 6.56. The zero-order chi connectivity index (χ0) is 14.1. The van der Waals surface area contributed by atoms with Gasteiger partial charge in [-0.15, -0.1) is 0 Å². The summed E-state index contributed by atoms with van der Waals surface area (Å²) in [7, 11) is 0. The summed E-state index contributed by atoms with van der Waals surface area (Å²) in [5, 5.41) is 4.63. The van der Waals surface area contributed by atoms with Gasteiger partial charge in [0.15, 0.2) is 0 Å². The van der Waals surface area contributed by atoms with E-state index in [1.807, 2.05) is 11.8 Å². The van der Waals surface area contributed by atoms with Gasteiger partial charge in [-0.3, -0.25) is 14.4 Å². The molecule has 0 aliphatic carbocycles. The molecule has 2 fully saturated rings. The molecular formula is C14H21ClN4O. The maximum atomic E-state index is 12.8. The van der Waals surface area contributed by atoms with Crippen LogP contribution in [0.5, 0.6) is 0 Å². The monoisotopic (exact) mass is 296 g/mol. The van der Waals surface area contributed by atoms with E-state index in [1.54, 1.807) is 10.9 Å². The second-order valence-electron chi connectivity index (χ2n) is 5.59. The summed E-state index contributed by atoms with van der Waals surface area (Å²) in [4.78, 5) is 17.2. The molecule has 2 aliphatic rings. The van der Waals surface area contributed by atoms with Crippen LogP contribution in [0.1, 0.15) is 36.7 Å². The molecule has 2 aliphatic heterocycles. The summed E-state index contributed by atoms with van der Waals surface area (Å²) in [6.07, 6.45) is 5.06. The number of rotatable bonds is 2. The molecule has 0 unspecified atom stereocenters. The molecule has 0 aromatic carbocycles. The molecule has 6 heteroatoms. The molecule has 5 nitrogen and oxygen atoms in total. The topological polar surface area (TPSA) is 41.4 Å². The van der Waals surface area contributed by atoms with Crippen molar-refractivity contribution in [3.8, 4) is 0 Å². The Bertz CT molecular complexity index is 501. The minimum absolute atomic E-state index is 0.0306. The highest BCUT2D eigenvalue weighted by molar-refractivity contribution is 6.33. The molecule has 3 rings (SSSR count). The summed E-state index contributed by atoms with van der Waals surface area (Å²) in [6, 6.07) is 0.526. The molecule has 2 saturated heterocycles. The molecule has 0 bridgehead atoms. The highest BCUT2D eigenvalue weighted by Gasteiger charge is 2.32. The maximum absolute atomic E-state index is 12.8. The van der Waals surface area contributed by atoms with Gasteiger partial charge in [-0.25, -0.2) is 0 Å². The molecule has 3 heterocycles. The summed E-state index contributed by atoms with van der Waals surface area (Å²) >= 11 is 6.15. The molecule has 1 atom stereocenters. The van der Waals surface area contributed by atoms with Gasteiger partial charge < -0.3 is 4.90 Å². The van der Waals surface area contributed by atoms with Gasteiger partial charge in [0.05, 0.1) is 11.2 Å².